The van der Waals surface area contributed by atoms with Gasteiger partial charge in [0, 0.05) is 27.8 Å². The van der Waals surface area contributed by atoms with E-state index in [1.54, 1.807) is 6.07 Å². The number of rotatable bonds is 4. The molecule has 0 aliphatic carbocycles. The molecule has 0 spiro atoms. The molecule has 1 heterocycles. The lowest BCUT2D eigenvalue weighted by Crippen LogP contribution is -2.08. The van der Waals surface area contributed by atoms with Crippen molar-refractivity contribution < 1.29 is 4.39 Å². The fourth-order valence-electron chi connectivity index (χ4n) is 1.82. The van der Waals surface area contributed by atoms with E-state index in [1.807, 2.05) is 30.9 Å². The van der Waals surface area contributed by atoms with Gasteiger partial charge in [-0.2, -0.15) is 5.10 Å². The van der Waals surface area contributed by atoms with Gasteiger partial charge in [-0.3, -0.25) is 4.68 Å². The Bertz CT molecular complexity index is 551. The fourth-order valence-corrected chi connectivity index (χ4v) is 2.15. The SMILES string of the molecule is CNCc1cnn(Cc2ccc(Br)cc2F)c1C. The summed E-state index contributed by atoms with van der Waals surface area (Å²) in [5, 5.41) is 7.38. The highest BCUT2D eigenvalue weighted by Crippen LogP contribution is 2.17. The molecule has 2 aromatic rings. The second-order valence-corrected chi connectivity index (χ2v) is 5.09. The molecule has 0 aliphatic heterocycles. The second-order valence-electron chi connectivity index (χ2n) is 4.18. The number of benzene rings is 1. The molecule has 0 unspecified atom stereocenters. The lowest BCUT2D eigenvalue weighted by molar-refractivity contribution is 0.579. The molecule has 0 bridgehead atoms. The van der Waals surface area contributed by atoms with E-state index in [0.717, 1.165) is 22.3 Å². The van der Waals surface area contributed by atoms with E-state index in [2.05, 4.69) is 26.3 Å². The molecule has 1 aromatic carbocycles. The van der Waals surface area contributed by atoms with Crippen molar-refractivity contribution in [3.05, 3.63) is 51.5 Å². The van der Waals surface area contributed by atoms with Crippen LogP contribution in [0.5, 0.6) is 0 Å². The van der Waals surface area contributed by atoms with Crippen LogP contribution in [0.3, 0.4) is 0 Å². The molecule has 96 valence electrons. The Morgan fingerprint density at radius 2 is 2.17 bits per heavy atom. The van der Waals surface area contributed by atoms with Crippen LogP contribution in [0.15, 0.2) is 28.9 Å². The maximum absolute atomic E-state index is 13.7. The summed E-state index contributed by atoms with van der Waals surface area (Å²) in [4.78, 5) is 0. The molecule has 1 aromatic heterocycles. The van der Waals surface area contributed by atoms with Gasteiger partial charge < -0.3 is 5.32 Å². The average molecular weight is 312 g/mol. The van der Waals surface area contributed by atoms with Crippen molar-refractivity contribution in [2.75, 3.05) is 7.05 Å². The highest BCUT2D eigenvalue weighted by Gasteiger charge is 2.09. The first kappa shape index (κ1) is 13.2. The summed E-state index contributed by atoms with van der Waals surface area (Å²) < 4.78 is 16.3. The summed E-state index contributed by atoms with van der Waals surface area (Å²) in [6.45, 7) is 3.22. The van der Waals surface area contributed by atoms with Gasteiger partial charge in [-0.05, 0) is 26.1 Å². The van der Waals surface area contributed by atoms with Gasteiger partial charge in [0.1, 0.15) is 5.82 Å². The summed E-state index contributed by atoms with van der Waals surface area (Å²) in [7, 11) is 1.89. The average Bonchev–Trinajstić information content (AvgIpc) is 2.66. The number of aromatic nitrogens is 2. The summed E-state index contributed by atoms with van der Waals surface area (Å²) in [5.41, 5.74) is 2.84. The molecule has 0 radical (unpaired) electrons. The van der Waals surface area contributed by atoms with Gasteiger partial charge in [0.05, 0.1) is 12.7 Å². The van der Waals surface area contributed by atoms with E-state index in [9.17, 15) is 4.39 Å². The molecule has 0 amide bonds. The van der Waals surface area contributed by atoms with Crippen LogP contribution in [-0.2, 0) is 13.1 Å². The number of hydrogen-bond donors (Lipinski definition) is 1. The Labute approximate surface area is 114 Å². The smallest absolute Gasteiger partial charge is 0.129 e. The minimum Gasteiger partial charge on any atom is -0.316 e. The van der Waals surface area contributed by atoms with Crippen LogP contribution in [0.25, 0.3) is 0 Å². The number of halogens is 2. The van der Waals surface area contributed by atoms with Crippen molar-refractivity contribution >= 4 is 15.9 Å². The molecule has 18 heavy (non-hydrogen) atoms. The van der Waals surface area contributed by atoms with E-state index in [4.69, 9.17) is 0 Å². The van der Waals surface area contributed by atoms with Crippen molar-refractivity contribution in [1.82, 2.24) is 15.1 Å². The Kier molecular flexibility index (Phi) is 4.14. The standard InChI is InChI=1S/C13H15BrFN3/c1-9-11(6-16-2)7-17-18(9)8-10-3-4-12(14)5-13(10)15/h3-5,7,16H,6,8H2,1-2H3. The van der Waals surface area contributed by atoms with Crippen LogP contribution in [0, 0.1) is 12.7 Å². The minimum atomic E-state index is -0.213. The van der Waals surface area contributed by atoms with E-state index in [-0.39, 0.29) is 5.82 Å². The maximum Gasteiger partial charge on any atom is 0.129 e. The molecule has 2 rings (SSSR count). The van der Waals surface area contributed by atoms with Gasteiger partial charge in [-0.15, -0.1) is 0 Å². The first-order valence-electron chi connectivity index (χ1n) is 5.71. The third kappa shape index (κ3) is 2.79. The molecule has 3 nitrogen and oxygen atoms in total. The van der Waals surface area contributed by atoms with Crippen molar-refractivity contribution in [3.8, 4) is 0 Å². The van der Waals surface area contributed by atoms with Crippen LogP contribution in [0.1, 0.15) is 16.8 Å². The monoisotopic (exact) mass is 311 g/mol. The minimum absolute atomic E-state index is 0.213. The Balaban J connectivity index is 2.23. The molecule has 0 saturated carbocycles. The quantitative estimate of drug-likeness (QED) is 0.941. The molecule has 1 N–H and O–H groups in total. The van der Waals surface area contributed by atoms with Gasteiger partial charge in [0.25, 0.3) is 0 Å². The number of hydrogen-bond acceptors (Lipinski definition) is 2. The van der Waals surface area contributed by atoms with Crippen LogP contribution in [-0.4, -0.2) is 16.8 Å². The van der Waals surface area contributed by atoms with Gasteiger partial charge in [0.15, 0.2) is 0 Å². The van der Waals surface area contributed by atoms with E-state index in [1.165, 1.54) is 6.07 Å². The zero-order valence-electron chi connectivity index (χ0n) is 10.4. The third-order valence-electron chi connectivity index (χ3n) is 2.91. The van der Waals surface area contributed by atoms with Crippen LogP contribution < -0.4 is 5.32 Å². The second kappa shape index (κ2) is 5.63. The van der Waals surface area contributed by atoms with Gasteiger partial charge in [-0.1, -0.05) is 22.0 Å². The van der Waals surface area contributed by atoms with Crippen molar-refractivity contribution in [1.29, 1.82) is 0 Å². The van der Waals surface area contributed by atoms with E-state index < -0.39 is 0 Å². The lowest BCUT2D eigenvalue weighted by Gasteiger charge is -2.07. The highest BCUT2D eigenvalue weighted by atomic mass is 79.9. The van der Waals surface area contributed by atoms with Crippen LogP contribution in [0.4, 0.5) is 4.39 Å². The van der Waals surface area contributed by atoms with Gasteiger partial charge in [-0.25, -0.2) is 4.39 Å². The topological polar surface area (TPSA) is 29.9 Å². The van der Waals surface area contributed by atoms with Crippen molar-refractivity contribution in [3.63, 3.8) is 0 Å². The first-order chi connectivity index (χ1) is 8.61. The van der Waals surface area contributed by atoms with Gasteiger partial charge >= 0.3 is 0 Å². The summed E-state index contributed by atoms with van der Waals surface area (Å²) in [6, 6.07) is 5.09. The molecule has 0 atom stereocenters. The largest absolute Gasteiger partial charge is 0.316 e. The van der Waals surface area contributed by atoms with Gasteiger partial charge in [0.2, 0.25) is 0 Å². The zero-order chi connectivity index (χ0) is 13.1. The Morgan fingerprint density at radius 1 is 1.39 bits per heavy atom. The molecule has 5 heteroatoms. The van der Waals surface area contributed by atoms with Crippen LogP contribution >= 0.6 is 15.9 Å². The van der Waals surface area contributed by atoms with Crippen LogP contribution in [0.2, 0.25) is 0 Å². The lowest BCUT2D eigenvalue weighted by atomic mass is 10.2. The number of nitrogens with one attached hydrogen (secondary N) is 1. The van der Waals surface area contributed by atoms with E-state index >= 15 is 0 Å². The predicted molar refractivity (Wildman–Crippen MR) is 72.9 cm³/mol. The predicted octanol–water partition coefficient (Wildman–Crippen LogP) is 2.86. The summed E-state index contributed by atoms with van der Waals surface area (Å²) in [5.74, 6) is -0.213. The Hall–Kier alpha value is -1.20. The summed E-state index contributed by atoms with van der Waals surface area (Å²) >= 11 is 3.25. The third-order valence-corrected chi connectivity index (χ3v) is 3.40. The normalized spacial score (nSPS) is 10.9. The molecule has 0 aliphatic rings. The number of nitrogens with zero attached hydrogens (tertiary/aromatic N) is 2. The first-order valence-corrected chi connectivity index (χ1v) is 6.51. The molecular weight excluding hydrogens is 297 g/mol. The molecule has 0 fully saturated rings. The van der Waals surface area contributed by atoms with Crippen molar-refractivity contribution in [2.24, 2.45) is 0 Å². The highest BCUT2D eigenvalue weighted by molar-refractivity contribution is 9.10. The molecular formula is C13H15BrFN3. The maximum atomic E-state index is 13.7. The zero-order valence-corrected chi connectivity index (χ0v) is 12.0. The van der Waals surface area contributed by atoms with Crippen molar-refractivity contribution in [2.45, 2.75) is 20.0 Å². The van der Waals surface area contributed by atoms with E-state index in [0.29, 0.717) is 12.1 Å². The summed E-state index contributed by atoms with van der Waals surface area (Å²) in [6.07, 6.45) is 1.82. The fraction of sp³-hybridized carbons (Fsp3) is 0.308. The Morgan fingerprint density at radius 3 is 2.83 bits per heavy atom. The molecule has 0 saturated heterocycles.